The minimum atomic E-state index is -2.84. The Kier molecular flexibility index (Phi) is 4.39. The molecule has 1 aromatic heterocycles. The third-order valence-electron chi connectivity index (χ3n) is 1.73. The monoisotopic (exact) mass is 342 g/mol. The molecule has 1 rings (SSSR count). The molecule has 0 spiro atoms. The molecule has 0 aromatic carbocycles. The van der Waals surface area contributed by atoms with Gasteiger partial charge < -0.3 is 10.5 Å². The van der Waals surface area contributed by atoms with Crippen LogP contribution in [-0.2, 0) is 4.74 Å². The number of nitrogens with zero attached hydrogens (tertiary/aromatic N) is 1. The highest BCUT2D eigenvalue weighted by molar-refractivity contribution is 14.1. The molecule has 0 bridgehead atoms. The van der Waals surface area contributed by atoms with Crippen molar-refractivity contribution in [2.75, 3.05) is 12.3 Å². The van der Waals surface area contributed by atoms with Gasteiger partial charge in [0.2, 0.25) is 0 Å². The molecule has 0 atom stereocenters. The summed E-state index contributed by atoms with van der Waals surface area (Å²) in [7, 11) is 0. The summed E-state index contributed by atoms with van der Waals surface area (Å²) in [5.74, 6) is -0.839. The Morgan fingerprint density at radius 2 is 2.31 bits per heavy atom. The van der Waals surface area contributed by atoms with E-state index >= 15 is 0 Å². The zero-order chi connectivity index (χ0) is 12.3. The van der Waals surface area contributed by atoms with Gasteiger partial charge >= 0.3 is 5.97 Å². The fourth-order valence-electron chi connectivity index (χ4n) is 1.06. The highest BCUT2D eigenvalue weighted by Crippen LogP contribution is 2.25. The molecule has 0 aliphatic rings. The standard InChI is InChI=1S/C9H9F2IN2O2/c1-2-16-9(15)4-3-5(13)8(12)14-6(4)7(10)11/h3,7H,2,13H2,1H3. The number of alkyl halides is 2. The molecule has 4 nitrogen and oxygen atoms in total. The minimum absolute atomic E-state index is 0.105. The summed E-state index contributed by atoms with van der Waals surface area (Å²) in [6.45, 7) is 1.69. The fourth-order valence-corrected chi connectivity index (χ4v) is 1.47. The summed E-state index contributed by atoms with van der Waals surface area (Å²) < 4.78 is 30.1. The molecular formula is C9H9F2IN2O2. The first-order valence-electron chi connectivity index (χ1n) is 4.38. The molecule has 0 fully saturated rings. The molecule has 1 heterocycles. The zero-order valence-corrected chi connectivity index (χ0v) is 10.5. The normalized spacial score (nSPS) is 10.6. The van der Waals surface area contributed by atoms with Crippen LogP contribution < -0.4 is 5.73 Å². The third kappa shape index (κ3) is 2.77. The molecule has 0 aliphatic carbocycles. The van der Waals surface area contributed by atoms with Crippen LogP contribution in [0.4, 0.5) is 14.5 Å². The molecular weight excluding hydrogens is 333 g/mol. The third-order valence-corrected chi connectivity index (χ3v) is 2.60. The summed E-state index contributed by atoms with van der Waals surface area (Å²) in [4.78, 5) is 15.0. The van der Waals surface area contributed by atoms with Crippen LogP contribution in [0.25, 0.3) is 0 Å². The van der Waals surface area contributed by atoms with Crippen molar-refractivity contribution in [1.82, 2.24) is 4.98 Å². The predicted molar refractivity (Wildman–Crippen MR) is 62.3 cm³/mol. The lowest BCUT2D eigenvalue weighted by molar-refractivity contribution is 0.0513. The van der Waals surface area contributed by atoms with Gasteiger partial charge in [0.1, 0.15) is 9.39 Å². The van der Waals surface area contributed by atoms with Crippen LogP contribution in [0.2, 0.25) is 0 Å². The maximum absolute atomic E-state index is 12.6. The number of aromatic nitrogens is 1. The van der Waals surface area contributed by atoms with E-state index in [-0.39, 0.29) is 21.6 Å². The maximum atomic E-state index is 12.6. The maximum Gasteiger partial charge on any atom is 0.340 e. The van der Waals surface area contributed by atoms with Crippen molar-refractivity contribution in [1.29, 1.82) is 0 Å². The van der Waals surface area contributed by atoms with Crippen LogP contribution in [0.5, 0.6) is 0 Å². The molecule has 88 valence electrons. The molecule has 16 heavy (non-hydrogen) atoms. The van der Waals surface area contributed by atoms with Crippen molar-refractivity contribution in [3.8, 4) is 0 Å². The van der Waals surface area contributed by atoms with E-state index in [9.17, 15) is 13.6 Å². The van der Waals surface area contributed by atoms with E-state index in [1.807, 2.05) is 0 Å². The topological polar surface area (TPSA) is 65.2 Å². The number of carbonyl (C=O) groups is 1. The average molecular weight is 342 g/mol. The van der Waals surface area contributed by atoms with Crippen LogP contribution in [0, 0.1) is 3.70 Å². The van der Waals surface area contributed by atoms with Crippen LogP contribution in [0.1, 0.15) is 29.4 Å². The molecule has 0 saturated carbocycles. The van der Waals surface area contributed by atoms with E-state index in [1.165, 1.54) is 0 Å². The van der Waals surface area contributed by atoms with E-state index in [2.05, 4.69) is 9.72 Å². The van der Waals surface area contributed by atoms with Gasteiger partial charge in [0.05, 0.1) is 17.9 Å². The van der Waals surface area contributed by atoms with Gasteiger partial charge in [0.25, 0.3) is 6.43 Å². The van der Waals surface area contributed by atoms with Gasteiger partial charge in [0, 0.05) is 0 Å². The second-order valence-corrected chi connectivity index (χ2v) is 3.84. The Bertz CT molecular complexity index is 413. The van der Waals surface area contributed by atoms with Gasteiger partial charge in [0.15, 0.2) is 0 Å². The second-order valence-electron chi connectivity index (χ2n) is 2.82. The van der Waals surface area contributed by atoms with Crippen LogP contribution in [-0.4, -0.2) is 17.6 Å². The van der Waals surface area contributed by atoms with Crippen molar-refractivity contribution in [3.05, 3.63) is 21.0 Å². The van der Waals surface area contributed by atoms with E-state index in [4.69, 9.17) is 5.73 Å². The van der Waals surface area contributed by atoms with Gasteiger partial charge in [-0.15, -0.1) is 0 Å². The molecule has 0 unspecified atom stereocenters. The number of hydrogen-bond donors (Lipinski definition) is 1. The van der Waals surface area contributed by atoms with Crippen molar-refractivity contribution in [3.63, 3.8) is 0 Å². The Morgan fingerprint density at radius 3 is 2.81 bits per heavy atom. The van der Waals surface area contributed by atoms with Crippen LogP contribution in [0.3, 0.4) is 0 Å². The molecule has 1 aromatic rings. The zero-order valence-electron chi connectivity index (χ0n) is 8.34. The highest BCUT2D eigenvalue weighted by Gasteiger charge is 2.22. The number of hydrogen-bond acceptors (Lipinski definition) is 4. The molecule has 0 amide bonds. The van der Waals surface area contributed by atoms with Crippen molar-refractivity contribution >= 4 is 34.2 Å². The average Bonchev–Trinajstić information content (AvgIpc) is 2.21. The molecule has 2 N–H and O–H groups in total. The predicted octanol–water partition coefficient (Wildman–Crippen LogP) is 2.38. The number of nitrogens with two attached hydrogens (primary N) is 1. The lowest BCUT2D eigenvalue weighted by atomic mass is 10.2. The second kappa shape index (κ2) is 5.37. The Hall–Kier alpha value is -0.990. The Morgan fingerprint density at radius 1 is 1.69 bits per heavy atom. The van der Waals surface area contributed by atoms with Crippen molar-refractivity contribution in [2.24, 2.45) is 0 Å². The Balaban J connectivity index is 3.24. The SMILES string of the molecule is CCOC(=O)c1cc(N)c(I)nc1C(F)F. The van der Waals surface area contributed by atoms with Gasteiger partial charge in [-0.05, 0) is 35.6 Å². The van der Waals surface area contributed by atoms with Crippen LogP contribution in [0.15, 0.2) is 6.07 Å². The number of esters is 1. The first-order chi connectivity index (χ1) is 7.47. The number of rotatable bonds is 3. The largest absolute Gasteiger partial charge is 0.462 e. The number of nitrogen functional groups attached to an aromatic ring is 1. The lowest BCUT2D eigenvalue weighted by Crippen LogP contribution is -2.12. The molecule has 0 aliphatic heterocycles. The van der Waals surface area contributed by atoms with E-state index in [0.29, 0.717) is 0 Å². The van der Waals surface area contributed by atoms with Gasteiger partial charge in [-0.25, -0.2) is 18.6 Å². The van der Waals surface area contributed by atoms with Crippen LogP contribution >= 0.6 is 22.6 Å². The lowest BCUT2D eigenvalue weighted by Gasteiger charge is -2.09. The summed E-state index contributed by atoms with van der Waals surface area (Å²) in [5.41, 5.74) is 4.79. The number of ether oxygens (including phenoxy) is 1. The van der Waals surface area contributed by atoms with Gasteiger partial charge in [-0.1, -0.05) is 0 Å². The molecule has 0 radical (unpaired) electrons. The quantitative estimate of drug-likeness (QED) is 0.520. The fraction of sp³-hybridized carbons (Fsp3) is 0.333. The number of pyridine rings is 1. The molecule has 7 heteroatoms. The summed E-state index contributed by atoms with van der Waals surface area (Å²) >= 11 is 1.72. The number of carbonyl (C=O) groups excluding carboxylic acids is 1. The smallest absolute Gasteiger partial charge is 0.340 e. The summed E-state index contributed by atoms with van der Waals surface area (Å²) in [6, 6.07) is 1.16. The number of anilines is 1. The van der Waals surface area contributed by atoms with Gasteiger partial charge in [-0.3, -0.25) is 0 Å². The minimum Gasteiger partial charge on any atom is -0.462 e. The molecule has 0 saturated heterocycles. The van der Waals surface area contributed by atoms with E-state index < -0.39 is 18.1 Å². The van der Waals surface area contributed by atoms with E-state index in [0.717, 1.165) is 6.07 Å². The summed E-state index contributed by atoms with van der Waals surface area (Å²) in [5, 5.41) is 0. The first kappa shape index (κ1) is 13.1. The highest BCUT2D eigenvalue weighted by atomic mass is 127. The number of halogens is 3. The van der Waals surface area contributed by atoms with Crippen molar-refractivity contribution < 1.29 is 18.3 Å². The summed E-state index contributed by atoms with van der Waals surface area (Å²) in [6.07, 6.45) is -2.84. The van der Waals surface area contributed by atoms with Gasteiger partial charge in [-0.2, -0.15) is 0 Å². The van der Waals surface area contributed by atoms with E-state index in [1.54, 1.807) is 29.5 Å². The Labute approximate surface area is 104 Å². The van der Waals surface area contributed by atoms with Crippen molar-refractivity contribution in [2.45, 2.75) is 13.3 Å². The first-order valence-corrected chi connectivity index (χ1v) is 5.46.